The number of carbonyl (C=O) groups is 1. The number of hydrogen-bond acceptors (Lipinski definition) is 4. The summed E-state index contributed by atoms with van der Waals surface area (Å²) in [7, 11) is 0. The summed E-state index contributed by atoms with van der Waals surface area (Å²) in [6.07, 6.45) is 0.632. The van der Waals surface area contributed by atoms with Crippen LogP contribution in [-0.2, 0) is 4.79 Å². The van der Waals surface area contributed by atoms with Gasteiger partial charge in [0.05, 0.1) is 22.4 Å². The second-order valence-corrected chi connectivity index (χ2v) is 8.63. The van der Waals surface area contributed by atoms with Crippen LogP contribution in [0.2, 0.25) is 0 Å². The van der Waals surface area contributed by atoms with Gasteiger partial charge in [0.1, 0.15) is 5.82 Å². The summed E-state index contributed by atoms with van der Waals surface area (Å²) in [6, 6.07) is 18.3. The number of amides is 1. The smallest absolute Gasteiger partial charge is 0.253 e. The predicted molar refractivity (Wildman–Crippen MR) is 113 cm³/mol. The van der Waals surface area contributed by atoms with Crippen molar-refractivity contribution in [1.82, 2.24) is 5.01 Å². The van der Waals surface area contributed by atoms with Gasteiger partial charge in [-0.1, -0.05) is 35.9 Å². The van der Waals surface area contributed by atoms with Gasteiger partial charge in [-0.15, -0.1) is 23.1 Å². The van der Waals surface area contributed by atoms with E-state index in [1.54, 1.807) is 28.5 Å². The molecule has 1 atom stereocenters. The highest BCUT2D eigenvalue weighted by Crippen LogP contribution is 2.34. The van der Waals surface area contributed by atoms with Crippen LogP contribution in [0.5, 0.6) is 0 Å². The molecule has 1 aliphatic rings. The summed E-state index contributed by atoms with van der Waals surface area (Å²) >= 11 is 3.12. The predicted octanol–water partition coefficient (Wildman–Crippen LogP) is 5.67. The maximum atomic E-state index is 13.4. The van der Waals surface area contributed by atoms with Crippen molar-refractivity contribution in [3.05, 3.63) is 87.9 Å². The molecule has 0 saturated carbocycles. The molecule has 0 N–H and O–H groups in total. The summed E-state index contributed by atoms with van der Waals surface area (Å²) < 4.78 is 13.4. The zero-order chi connectivity index (χ0) is 19.5. The summed E-state index contributed by atoms with van der Waals surface area (Å²) in [4.78, 5) is 15.1. The minimum Gasteiger partial charge on any atom is -0.272 e. The van der Waals surface area contributed by atoms with Crippen molar-refractivity contribution in [2.75, 3.05) is 5.75 Å². The first-order valence-electron chi connectivity index (χ1n) is 8.98. The molecule has 0 aliphatic carbocycles. The van der Waals surface area contributed by atoms with Crippen molar-refractivity contribution in [3.8, 4) is 0 Å². The van der Waals surface area contributed by atoms with Crippen molar-refractivity contribution in [2.45, 2.75) is 24.3 Å². The Morgan fingerprint density at radius 3 is 2.61 bits per heavy atom. The van der Waals surface area contributed by atoms with Gasteiger partial charge < -0.3 is 0 Å². The summed E-state index contributed by atoms with van der Waals surface area (Å²) in [5.41, 5.74) is 2.99. The van der Waals surface area contributed by atoms with E-state index in [1.165, 1.54) is 29.5 Å². The van der Waals surface area contributed by atoms with E-state index in [-0.39, 0.29) is 17.8 Å². The number of hydrogen-bond donors (Lipinski definition) is 0. The molecule has 28 heavy (non-hydrogen) atoms. The fourth-order valence-corrected chi connectivity index (χ4v) is 4.59. The molecular formula is C22H19FN2OS2. The number of aryl methyl sites for hydroxylation is 1. The lowest BCUT2D eigenvalue weighted by Crippen LogP contribution is -2.28. The van der Waals surface area contributed by atoms with E-state index in [1.807, 2.05) is 48.7 Å². The van der Waals surface area contributed by atoms with Crippen LogP contribution >= 0.6 is 23.1 Å². The van der Waals surface area contributed by atoms with Gasteiger partial charge in [-0.25, -0.2) is 9.40 Å². The van der Waals surface area contributed by atoms with Gasteiger partial charge >= 0.3 is 0 Å². The number of benzene rings is 2. The number of nitrogens with zero attached hydrogens (tertiary/aromatic N) is 2. The Morgan fingerprint density at radius 1 is 1.18 bits per heavy atom. The van der Waals surface area contributed by atoms with E-state index in [2.05, 4.69) is 5.10 Å². The van der Waals surface area contributed by atoms with Crippen LogP contribution in [0, 0.1) is 12.7 Å². The molecule has 4 rings (SSSR count). The molecule has 1 amide bonds. The van der Waals surface area contributed by atoms with Crippen LogP contribution in [-0.4, -0.2) is 22.4 Å². The lowest BCUT2D eigenvalue weighted by atomic mass is 10.0. The highest BCUT2D eigenvalue weighted by Gasteiger charge is 2.33. The minimum atomic E-state index is -0.283. The first-order valence-corrected chi connectivity index (χ1v) is 10.8. The van der Waals surface area contributed by atoms with E-state index in [4.69, 9.17) is 0 Å². The number of hydrazone groups is 1. The Kier molecular flexibility index (Phi) is 5.59. The van der Waals surface area contributed by atoms with Gasteiger partial charge in [-0.05, 0) is 48.2 Å². The van der Waals surface area contributed by atoms with E-state index in [9.17, 15) is 9.18 Å². The third-order valence-electron chi connectivity index (χ3n) is 4.61. The molecular weight excluding hydrogens is 391 g/mol. The van der Waals surface area contributed by atoms with Crippen LogP contribution in [0.1, 0.15) is 28.5 Å². The lowest BCUT2D eigenvalue weighted by Gasteiger charge is -2.22. The van der Waals surface area contributed by atoms with Gasteiger partial charge in [-0.3, -0.25) is 4.79 Å². The van der Waals surface area contributed by atoms with Crippen LogP contribution in [0.15, 0.2) is 76.0 Å². The Hall–Kier alpha value is -2.44. The van der Waals surface area contributed by atoms with Crippen molar-refractivity contribution in [2.24, 2.45) is 5.10 Å². The number of thioether (sulfide) groups is 1. The van der Waals surface area contributed by atoms with Crippen molar-refractivity contribution < 1.29 is 9.18 Å². The molecule has 2 aromatic carbocycles. The average Bonchev–Trinajstić information content (AvgIpc) is 3.38. The first-order chi connectivity index (χ1) is 13.6. The highest BCUT2D eigenvalue weighted by molar-refractivity contribution is 8.00. The first kappa shape index (κ1) is 18.9. The van der Waals surface area contributed by atoms with E-state index >= 15 is 0 Å². The Bertz CT molecular complexity index is 982. The van der Waals surface area contributed by atoms with Crippen molar-refractivity contribution >= 4 is 34.7 Å². The Labute approximate surface area is 171 Å². The van der Waals surface area contributed by atoms with Crippen LogP contribution in [0.3, 0.4) is 0 Å². The topological polar surface area (TPSA) is 32.7 Å². The molecule has 0 saturated heterocycles. The second-order valence-electron chi connectivity index (χ2n) is 6.64. The monoisotopic (exact) mass is 410 g/mol. The molecule has 142 valence electrons. The molecule has 0 spiro atoms. The van der Waals surface area contributed by atoms with Crippen LogP contribution in [0.25, 0.3) is 0 Å². The molecule has 6 heteroatoms. The largest absolute Gasteiger partial charge is 0.272 e. The second kappa shape index (κ2) is 8.29. The van der Waals surface area contributed by atoms with Crippen molar-refractivity contribution in [3.63, 3.8) is 0 Å². The van der Waals surface area contributed by atoms with Gasteiger partial charge in [-0.2, -0.15) is 5.10 Å². The standard InChI is InChI=1S/C22H19FN2OS2/c1-15-4-10-18(11-5-15)28-14-22(26)25-20(16-6-8-17(23)9-7-16)13-19(24-25)21-3-2-12-27-21/h2-12,20H,13-14H2,1H3/t20-/m1/s1. The third-order valence-corrected chi connectivity index (χ3v) is 6.53. The average molecular weight is 411 g/mol. The van der Waals surface area contributed by atoms with Gasteiger partial charge in [0, 0.05) is 11.3 Å². The van der Waals surface area contributed by atoms with Gasteiger partial charge in [0.25, 0.3) is 5.91 Å². The number of halogens is 1. The van der Waals surface area contributed by atoms with E-state index in [0.717, 1.165) is 21.0 Å². The molecule has 1 aliphatic heterocycles. The van der Waals surface area contributed by atoms with Gasteiger partial charge in [0.15, 0.2) is 0 Å². The fraction of sp³-hybridized carbons (Fsp3) is 0.182. The summed E-state index contributed by atoms with van der Waals surface area (Å²) in [5.74, 6) is -0.0254. The number of rotatable bonds is 5. The number of carbonyl (C=O) groups excluding carboxylic acids is 1. The zero-order valence-electron chi connectivity index (χ0n) is 15.3. The SMILES string of the molecule is Cc1ccc(SCC(=O)N2N=C(c3cccs3)C[C@@H]2c2ccc(F)cc2)cc1. The van der Waals surface area contributed by atoms with Crippen LogP contribution in [0.4, 0.5) is 4.39 Å². The highest BCUT2D eigenvalue weighted by atomic mass is 32.2. The number of thiophene rings is 1. The normalized spacial score (nSPS) is 16.3. The molecule has 0 bridgehead atoms. The van der Waals surface area contributed by atoms with E-state index < -0.39 is 0 Å². The molecule has 3 aromatic rings. The van der Waals surface area contributed by atoms with E-state index in [0.29, 0.717) is 12.2 Å². The fourth-order valence-electron chi connectivity index (χ4n) is 3.12. The molecule has 2 heterocycles. The molecule has 0 unspecified atom stereocenters. The summed E-state index contributed by atoms with van der Waals surface area (Å²) in [6.45, 7) is 2.04. The van der Waals surface area contributed by atoms with Gasteiger partial charge in [0.2, 0.25) is 0 Å². The Morgan fingerprint density at radius 2 is 1.93 bits per heavy atom. The Balaban J connectivity index is 1.55. The maximum absolute atomic E-state index is 13.4. The zero-order valence-corrected chi connectivity index (χ0v) is 17.0. The van der Waals surface area contributed by atoms with Crippen LogP contribution < -0.4 is 0 Å². The lowest BCUT2D eigenvalue weighted by molar-refractivity contribution is -0.130. The molecule has 0 radical (unpaired) electrons. The molecule has 3 nitrogen and oxygen atoms in total. The third kappa shape index (κ3) is 4.18. The minimum absolute atomic E-state index is 0.0496. The molecule has 1 aromatic heterocycles. The molecule has 0 fully saturated rings. The van der Waals surface area contributed by atoms with Crippen molar-refractivity contribution in [1.29, 1.82) is 0 Å². The quantitative estimate of drug-likeness (QED) is 0.508. The maximum Gasteiger partial charge on any atom is 0.253 e. The summed E-state index contributed by atoms with van der Waals surface area (Å²) in [5, 5.41) is 8.22.